The van der Waals surface area contributed by atoms with Crippen molar-refractivity contribution in [3.63, 3.8) is 0 Å². The summed E-state index contributed by atoms with van der Waals surface area (Å²) in [5.74, 6) is -0.692. The van der Waals surface area contributed by atoms with Crippen LogP contribution in [-0.4, -0.2) is 5.91 Å². The van der Waals surface area contributed by atoms with E-state index < -0.39 is 0 Å². The summed E-state index contributed by atoms with van der Waals surface area (Å²) < 4.78 is 12.5. The number of rotatable bonds is 3. The minimum absolute atomic E-state index is 0.326. The van der Waals surface area contributed by atoms with E-state index in [4.69, 9.17) is 0 Å². The minimum atomic E-state index is -0.366. The third-order valence-electron chi connectivity index (χ3n) is 1.50. The van der Waals surface area contributed by atoms with Crippen molar-refractivity contribution in [2.45, 2.75) is 6.92 Å². The normalized spacial score (nSPS) is 9.29. The molecule has 14 heavy (non-hydrogen) atoms. The highest BCUT2D eigenvalue weighted by Gasteiger charge is 2.03. The second kappa shape index (κ2) is 4.41. The standard InChI is InChI=1S/C10H11FN2O/c1-7(2)12-13-10(14)8-3-5-9(11)6-4-8/h3-6,12H,1H2,2H3,(H,13,14). The van der Waals surface area contributed by atoms with E-state index in [0.29, 0.717) is 11.3 Å². The van der Waals surface area contributed by atoms with Crippen molar-refractivity contribution in [2.24, 2.45) is 0 Å². The lowest BCUT2D eigenvalue weighted by molar-refractivity contribution is 0.0939. The molecule has 0 unspecified atom stereocenters. The van der Waals surface area contributed by atoms with Crippen LogP contribution in [0.2, 0.25) is 0 Å². The maximum Gasteiger partial charge on any atom is 0.269 e. The van der Waals surface area contributed by atoms with E-state index >= 15 is 0 Å². The van der Waals surface area contributed by atoms with Crippen LogP contribution in [-0.2, 0) is 0 Å². The van der Waals surface area contributed by atoms with Gasteiger partial charge in [-0.2, -0.15) is 0 Å². The highest BCUT2D eigenvalue weighted by atomic mass is 19.1. The Morgan fingerprint density at radius 1 is 1.29 bits per heavy atom. The lowest BCUT2D eigenvalue weighted by Gasteiger charge is -2.06. The molecule has 74 valence electrons. The van der Waals surface area contributed by atoms with Gasteiger partial charge in [0.2, 0.25) is 0 Å². The number of amides is 1. The van der Waals surface area contributed by atoms with Gasteiger partial charge in [0.25, 0.3) is 5.91 Å². The molecule has 0 aromatic heterocycles. The van der Waals surface area contributed by atoms with Gasteiger partial charge in [-0.15, -0.1) is 0 Å². The Labute approximate surface area is 81.6 Å². The van der Waals surface area contributed by atoms with Crippen LogP contribution in [0.15, 0.2) is 36.5 Å². The first-order valence-corrected chi connectivity index (χ1v) is 4.07. The van der Waals surface area contributed by atoms with Gasteiger partial charge in [0.15, 0.2) is 0 Å². The van der Waals surface area contributed by atoms with Crippen LogP contribution in [0, 0.1) is 5.82 Å². The van der Waals surface area contributed by atoms with E-state index in [2.05, 4.69) is 17.4 Å². The second-order valence-corrected chi connectivity index (χ2v) is 2.87. The number of hydrogen-bond acceptors (Lipinski definition) is 2. The Kier molecular flexibility index (Phi) is 3.23. The van der Waals surface area contributed by atoms with Gasteiger partial charge < -0.3 is 5.43 Å². The lowest BCUT2D eigenvalue weighted by Crippen LogP contribution is -2.35. The topological polar surface area (TPSA) is 41.1 Å². The van der Waals surface area contributed by atoms with Crippen molar-refractivity contribution in [3.8, 4) is 0 Å². The molecule has 0 aliphatic heterocycles. The quantitative estimate of drug-likeness (QED) is 0.717. The first-order valence-electron chi connectivity index (χ1n) is 4.07. The number of benzene rings is 1. The Bertz CT molecular complexity index is 346. The molecule has 0 atom stereocenters. The average Bonchev–Trinajstić information content (AvgIpc) is 2.15. The lowest BCUT2D eigenvalue weighted by atomic mass is 10.2. The van der Waals surface area contributed by atoms with Crippen molar-refractivity contribution in [1.82, 2.24) is 10.9 Å². The molecule has 4 heteroatoms. The molecule has 0 bridgehead atoms. The first-order chi connectivity index (χ1) is 6.59. The first kappa shape index (κ1) is 10.2. The van der Waals surface area contributed by atoms with Gasteiger partial charge in [-0.25, -0.2) is 4.39 Å². The number of carbonyl (C=O) groups is 1. The van der Waals surface area contributed by atoms with E-state index in [1.54, 1.807) is 6.92 Å². The van der Waals surface area contributed by atoms with Crippen LogP contribution >= 0.6 is 0 Å². The fourth-order valence-electron chi connectivity index (χ4n) is 0.837. The van der Waals surface area contributed by atoms with Gasteiger partial charge in [-0.05, 0) is 31.2 Å². The van der Waals surface area contributed by atoms with E-state index in [9.17, 15) is 9.18 Å². The summed E-state index contributed by atoms with van der Waals surface area (Å²) in [4.78, 5) is 11.3. The number of halogens is 1. The van der Waals surface area contributed by atoms with Crippen molar-refractivity contribution in [2.75, 3.05) is 0 Å². The van der Waals surface area contributed by atoms with Gasteiger partial charge >= 0.3 is 0 Å². The predicted octanol–water partition coefficient (Wildman–Crippen LogP) is 1.59. The summed E-state index contributed by atoms with van der Waals surface area (Å²) in [6, 6.07) is 5.28. The number of carbonyl (C=O) groups excluding carboxylic acids is 1. The molecule has 0 saturated carbocycles. The monoisotopic (exact) mass is 194 g/mol. The summed E-state index contributed by atoms with van der Waals surface area (Å²) in [6.07, 6.45) is 0. The van der Waals surface area contributed by atoms with Gasteiger partial charge in [0, 0.05) is 11.3 Å². The van der Waals surface area contributed by atoms with E-state index in [1.807, 2.05) is 0 Å². The molecule has 3 nitrogen and oxygen atoms in total. The summed E-state index contributed by atoms with van der Waals surface area (Å²) >= 11 is 0. The maximum atomic E-state index is 12.5. The summed E-state index contributed by atoms with van der Waals surface area (Å²) in [7, 11) is 0. The number of allylic oxidation sites excluding steroid dienone is 1. The van der Waals surface area contributed by atoms with Crippen molar-refractivity contribution in [3.05, 3.63) is 47.9 Å². The molecule has 1 amide bonds. The molecule has 0 spiro atoms. The molecule has 0 radical (unpaired) electrons. The second-order valence-electron chi connectivity index (χ2n) is 2.87. The Balaban J connectivity index is 2.61. The molecule has 1 aromatic carbocycles. The van der Waals surface area contributed by atoms with Crippen LogP contribution in [0.4, 0.5) is 4.39 Å². The van der Waals surface area contributed by atoms with Crippen molar-refractivity contribution in [1.29, 1.82) is 0 Å². The molecule has 0 aliphatic rings. The van der Waals surface area contributed by atoms with Crippen LogP contribution in [0.1, 0.15) is 17.3 Å². The zero-order valence-corrected chi connectivity index (χ0v) is 7.80. The largest absolute Gasteiger partial charge is 0.303 e. The fraction of sp³-hybridized carbons (Fsp3) is 0.100. The molecular formula is C10H11FN2O. The molecule has 0 heterocycles. The predicted molar refractivity (Wildman–Crippen MR) is 51.8 cm³/mol. The minimum Gasteiger partial charge on any atom is -0.303 e. The van der Waals surface area contributed by atoms with Gasteiger partial charge in [-0.3, -0.25) is 10.2 Å². The zero-order chi connectivity index (χ0) is 10.6. The van der Waals surface area contributed by atoms with E-state index in [1.165, 1.54) is 24.3 Å². The summed E-state index contributed by atoms with van der Waals surface area (Å²) in [5.41, 5.74) is 5.99. The van der Waals surface area contributed by atoms with Crippen LogP contribution in [0.25, 0.3) is 0 Å². The molecule has 0 fully saturated rings. The van der Waals surface area contributed by atoms with Crippen molar-refractivity contribution < 1.29 is 9.18 Å². The fourth-order valence-corrected chi connectivity index (χ4v) is 0.837. The van der Waals surface area contributed by atoms with Gasteiger partial charge in [0.1, 0.15) is 5.82 Å². The summed E-state index contributed by atoms with van der Waals surface area (Å²) in [5, 5.41) is 0. The smallest absolute Gasteiger partial charge is 0.269 e. The average molecular weight is 194 g/mol. The molecule has 1 rings (SSSR count). The molecular weight excluding hydrogens is 183 g/mol. The molecule has 0 aliphatic carbocycles. The Morgan fingerprint density at radius 3 is 2.36 bits per heavy atom. The Hall–Kier alpha value is -1.84. The number of hydrazine groups is 1. The SMILES string of the molecule is C=C(C)NNC(=O)c1ccc(F)cc1. The van der Waals surface area contributed by atoms with Crippen LogP contribution in [0.3, 0.4) is 0 Å². The van der Waals surface area contributed by atoms with Gasteiger partial charge in [-0.1, -0.05) is 6.58 Å². The molecule has 2 N–H and O–H groups in total. The summed E-state index contributed by atoms with van der Waals surface area (Å²) in [6.45, 7) is 5.26. The highest BCUT2D eigenvalue weighted by molar-refractivity contribution is 5.93. The number of nitrogens with one attached hydrogen (secondary N) is 2. The third-order valence-corrected chi connectivity index (χ3v) is 1.50. The van der Waals surface area contributed by atoms with E-state index in [0.717, 1.165) is 0 Å². The van der Waals surface area contributed by atoms with Gasteiger partial charge in [0.05, 0.1) is 0 Å². The van der Waals surface area contributed by atoms with Crippen LogP contribution in [0.5, 0.6) is 0 Å². The molecule has 0 saturated heterocycles. The maximum absolute atomic E-state index is 12.5. The van der Waals surface area contributed by atoms with E-state index in [-0.39, 0.29) is 11.7 Å². The third kappa shape index (κ3) is 2.90. The Morgan fingerprint density at radius 2 is 1.86 bits per heavy atom. The zero-order valence-electron chi connectivity index (χ0n) is 7.80. The molecule has 1 aromatic rings. The van der Waals surface area contributed by atoms with Crippen molar-refractivity contribution >= 4 is 5.91 Å². The number of hydrogen-bond donors (Lipinski definition) is 2. The highest BCUT2D eigenvalue weighted by Crippen LogP contribution is 2.01. The van der Waals surface area contributed by atoms with Crippen LogP contribution < -0.4 is 10.9 Å².